The Balaban J connectivity index is 1.60. The predicted octanol–water partition coefficient (Wildman–Crippen LogP) is 3.62. The molecule has 0 spiro atoms. The molecule has 0 saturated heterocycles. The van der Waals surface area contributed by atoms with Crippen LogP contribution in [0.2, 0.25) is 0 Å². The number of carbonyl (C=O) groups excluding carboxylic acids is 2. The van der Waals surface area contributed by atoms with Gasteiger partial charge < -0.3 is 14.6 Å². The minimum Gasteiger partial charge on any atom is -0.462 e. The molecule has 0 bridgehead atoms. The van der Waals surface area contributed by atoms with E-state index in [1.165, 1.54) is 12.1 Å². The number of nitrogens with one attached hydrogen (secondary N) is 1. The van der Waals surface area contributed by atoms with Gasteiger partial charge in [-0.05, 0) is 43.3 Å². The highest BCUT2D eigenvalue weighted by atomic mass is 19.1. The summed E-state index contributed by atoms with van der Waals surface area (Å²) < 4.78 is 23.1. The highest BCUT2D eigenvalue weighted by molar-refractivity contribution is 6.01. The Kier molecular flexibility index (Phi) is 6.11. The first-order valence-electron chi connectivity index (χ1n) is 8.71. The molecule has 0 aliphatic rings. The van der Waals surface area contributed by atoms with Gasteiger partial charge in [-0.1, -0.05) is 17.3 Å². The van der Waals surface area contributed by atoms with Crippen LogP contribution in [-0.4, -0.2) is 28.6 Å². The largest absolute Gasteiger partial charge is 0.462 e. The van der Waals surface area contributed by atoms with E-state index < -0.39 is 5.97 Å². The molecule has 7 nitrogen and oxygen atoms in total. The van der Waals surface area contributed by atoms with Crippen molar-refractivity contribution in [1.82, 2.24) is 10.1 Å². The van der Waals surface area contributed by atoms with Crippen LogP contribution in [0.25, 0.3) is 11.4 Å². The number of nitrogens with zero attached hydrogens (tertiary/aromatic N) is 2. The van der Waals surface area contributed by atoms with Crippen molar-refractivity contribution in [3.8, 4) is 11.4 Å². The minimum atomic E-state index is -0.501. The molecular weight excluding hydrogens is 365 g/mol. The molecule has 1 amide bonds. The van der Waals surface area contributed by atoms with Gasteiger partial charge in [-0.15, -0.1) is 0 Å². The van der Waals surface area contributed by atoms with E-state index in [0.29, 0.717) is 17.1 Å². The number of benzene rings is 2. The molecule has 3 rings (SSSR count). The number of para-hydroxylation sites is 1. The molecule has 3 aromatic rings. The second-order valence-corrected chi connectivity index (χ2v) is 5.83. The van der Waals surface area contributed by atoms with Gasteiger partial charge in [0.1, 0.15) is 5.82 Å². The predicted molar refractivity (Wildman–Crippen MR) is 99.0 cm³/mol. The van der Waals surface area contributed by atoms with E-state index in [4.69, 9.17) is 9.26 Å². The Labute approximate surface area is 160 Å². The number of halogens is 1. The molecule has 0 fully saturated rings. The van der Waals surface area contributed by atoms with E-state index >= 15 is 0 Å². The maximum Gasteiger partial charge on any atom is 0.340 e. The van der Waals surface area contributed by atoms with E-state index in [-0.39, 0.29) is 42.6 Å². The van der Waals surface area contributed by atoms with Crippen LogP contribution in [0.5, 0.6) is 0 Å². The van der Waals surface area contributed by atoms with Crippen molar-refractivity contribution >= 4 is 17.6 Å². The second kappa shape index (κ2) is 8.90. The Bertz CT molecular complexity index is 970. The number of carbonyl (C=O) groups is 2. The molecule has 1 heterocycles. The highest BCUT2D eigenvalue weighted by Gasteiger charge is 2.15. The highest BCUT2D eigenvalue weighted by Crippen LogP contribution is 2.18. The summed E-state index contributed by atoms with van der Waals surface area (Å²) in [5.74, 6) is -0.555. The van der Waals surface area contributed by atoms with Gasteiger partial charge in [0.25, 0.3) is 0 Å². The van der Waals surface area contributed by atoms with Crippen LogP contribution in [0.15, 0.2) is 53.1 Å². The Hall–Kier alpha value is -3.55. The van der Waals surface area contributed by atoms with Crippen LogP contribution in [0.3, 0.4) is 0 Å². The van der Waals surface area contributed by atoms with Gasteiger partial charge in [-0.3, -0.25) is 4.79 Å². The SMILES string of the molecule is CCOC(=O)c1ccccc1NC(=O)CCc1nc(-c2ccc(F)cc2)no1. The van der Waals surface area contributed by atoms with Crippen LogP contribution in [0.1, 0.15) is 29.6 Å². The molecular formula is C20H18FN3O4. The summed E-state index contributed by atoms with van der Waals surface area (Å²) in [7, 11) is 0. The summed E-state index contributed by atoms with van der Waals surface area (Å²) >= 11 is 0. The molecule has 0 aliphatic carbocycles. The summed E-state index contributed by atoms with van der Waals surface area (Å²) in [5, 5.41) is 6.53. The van der Waals surface area contributed by atoms with Crippen molar-refractivity contribution in [2.75, 3.05) is 11.9 Å². The number of ether oxygens (including phenoxy) is 1. The van der Waals surface area contributed by atoms with Gasteiger partial charge in [0.05, 0.1) is 17.9 Å². The summed E-state index contributed by atoms with van der Waals surface area (Å²) in [5.41, 5.74) is 1.28. The summed E-state index contributed by atoms with van der Waals surface area (Å²) in [6.07, 6.45) is 0.309. The van der Waals surface area contributed by atoms with Crippen molar-refractivity contribution < 1.29 is 23.2 Å². The maximum atomic E-state index is 13.0. The van der Waals surface area contributed by atoms with Gasteiger partial charge >= 0.3 is 5.97 Å². The smallest absolute Gasteiger partial charge is 0.340 e. The molecule has 1 aromatic heterocycles. The van der Waals surface area contributed by atoms with Crippen LogP contribution in [0, 0.1) is 5.82 Å². The summed E-state index contributed by atoms with van der Waals surface area (Å²) in [6, 6.07) is 12.3. The zero-order valence-electron chi connectivity index (χ0n) is 15.1. The van der Waals surface area contributed by atoms with Crippen molar-refractivity contribution in [2.24, 2.45) is 0 Å². The van der Waals surface area contributed by atoms with Gasteiger partial charge in [-0.2, -0.15) is 4.98 Å². The average molecular weight is 383 g/mol. The summed E-state index contributed by atoms with van der Waals surface area (Å²) in [6.45, 7) is 1.96. The molecule has 144 valence electrons. The topological polar surface area (TPSA) is 94.3 Å². The molecule has 0 unspecified atom stereocenters. The average Bonchev–Trinajstić information content (AvgIpc) is 3.16. The van der Waals surface area contributed by atoms with Crippen molar-refractivity contribution in [2.45, 2.75) is 19.8 Å². The number of amides is 1. The minimum absolute atomic E-state index is 0.0855. The number of hydrogen-bond acceptors (Lipinski definition) is 6. The molecule has 0 radical (unpaired) electrons. The molecule has 1 N–H and O–H groups in total. The fourth-order valence-electron chi connectivity index (χ4n) is 2.48. The fraction of sp³-hybridized carbons (Fsp3) is 0.200. The van der Waals surface area contributed by atoms with Crippen LogP contribution in [0.4, 0.5) is 10.1 Å². The zero-order valence-corrected chi connectivity index (χ0v) is 15.1. The molecule has 2 aromatic carbocycles. The van der Waals surface area contributed by atoms with Gasteiger partial charge in [-0.25, -0.2) is 9.18 Å². The number of esters is 1. The van der Waals surface area contributed by atoms with Gasteiger partial charge in [0, 0.05) is 18.4 Å². The van der Waals surface area contributed by atoms with E-state index in [1.54, 1.807) is 43.3 Å². The van der Waals surface area contributed by atoms with E-state index in [0.717, 1.165) is 0 Å². The first kappa shape index (κ1) is 19.2. The number of hydrogen-bond donors (Lipinski definition) is 1. The van der Waals surface area contributed by atoms with E-state index in [9.17, 15) is 14.0 Å². The van der Waals surface area contributed by atoms with Gasteiger partial charge in [0.15, 0.2) is 0 Å². The molecule has 0 aliphatic heterocycles. The lowest BCUT2D eigenvalue weighted by molar-refractivity contribution is -0.116. The lowest BCUT2D eigenvalue weighted by Crippen LogP contribution is -2.16. The van der Waals surface area contributed by atoms with Crippen molar-refractivity contribution in [3.63, 3.8) is 0 Å². The molecule has 8 heteroatoms. The first-order valence-corrected chi connectivity index (χ1v) is 8.71. The van der Waals surface area contributed by atoms with Crippen molar-refractivity contribution in [3.05, 3.63) is 65.8 Å². The van der Waals surface area contributed by atoms with E-state index in [2.05, 4.69) is 15.5 Å². The fourth-order valence-corrected chi connectivity index (χ4v) is 2.48. The normalized spacial score (nSPS) is 10.5. The van der Waals surface area contributed by atoms with Crippen molar-refractivity contribution in [1.29, 1.82) is 0 Å². The lowest BCUT2D eigenvalue weighted by atomic mass is 10.1. The molecule has 0 saturated carbocycles. The number of aryl methyl sites for hydroxylation is 1. The summed E-state index contributed by atoms with van der Waals surface area (Å²) in [4.78, 5) is 28.4. The third-order valence-corrected chi connectivity index (χ3v) is 3.83. The maximum absolute atomic E-state index is 13.0. The van der Waals surface area contributed by atoms with Crippen LogP contribution >= 0.6 is 0 Å². The second-order valence-electron chi connectivity index (χ2n) is 5.83. The molecule has 0 atom stereocenters. The number of anilines is 1. The monoisotopic (exact) mass is 383 g/mol. The quantitative estimate of drug-likeness (QED) is 0.626. The third kappa shape index (κ3) is 4.79. The zero-order chi connectivity index (χ0) is 19.9. The third-order valence-electron chi connectivity index (χ3n) is 3.83. The lowest BCUT2D eigenvalue weighted by Gasteiger charge is -2.09. The first-order chi connectivity index (χ1) is 13.6. The Morgan fingerprint density at radius 3 is 2.64 bits per heavy atom. The van der Waals surface area contributed by atoms with Crippen LogP contribution < -0.4 is 5.32 Å². The number of rotatable bonds is 7. The van der Waals surface area contributed by atoms with Gasteiger partial charge in [0.2, 0.25) is 17.6 Å². The Morgan fingerprint density at radius 1 is 1.14 bits per heavy atom. The standard InChI is InChI=1S/C20H18FN3O4/c1-2-27-20(26)15-5-3-4-6-16(15)22-17(25)11-12-18-23-19(24-28-18)13-7-9-14(21)10-8-13/h3-10H,2,11-12H2,1H3,(H,22,25). The Morgan fingerprint density at radius 2 is 1.89 bits per heavy atom. The van der Waals surface area contributed by atoms with E-state index in [1.807, 2.05) is 0 Å². The van der Waals surface area contributed by atoms with Crippen LogP contribution in [-0.2, 0) is 16.0 Å². The molecule has 28 heavy (non-hydrogen) atoms. The number of aromatic nitrogens is 2.